The molecular weight excluding hydrogens is 657 g/mol. The third kappa shape index (κ3) is 7.43. The van der Waals surface area contributed by atoms with E-state index in [1.54, 1.807) is 22.3 Å². The van der Waals surface area contributed by atoms with E-state index in [1.807, 2.05) is 0 Å². The number of benzene rings is 5. The average molecular weight is 717 g/mol. The van der Waals surface area contributed by atoms with E-state index in [1.165, 1.54) is 75.0 Å². The van der Waals surface area contributed by atoms with E-state index in [9.17, 15) is 0 Å². The van der Waals surface area contributed by atoms with Crippen molar-refractivity contribution in [1.82, 2.24) is 0 Å². The number of unbranched alkanes of at least 4 members (excludes halogenated alkanes) is 3. The molecule has 0 bridgehead atoms. The number of fused-ring (bicyclic) bond motifs is 3. The van der Waals surface area contributed by atoms with Gasteiger partial charge in [-0.3, -0.25) is 0 Å². The molecule has 2 heteroatoms. The van der Waals surface area contributed by atoms with Crippen LogP contribution < -0.4 is 0 Å². The Hall–Kier alpha value is -3.98. The lowest BCUT2D eigenvalue weighted by atomic mass is 9.86. The Morgan fingerprint density at radius 2 is 1.11 bits per heavy atom. The maximum Gasteiger partial charge on any atom is 0.0751 e. The molecule has 0 heterocycles. The average Bonchev–Trinajstić information content (AvgIpc) is 3.66. The second-order valence-corrected chi connectivity index (χ2v) is 22.9. The zero-order chi connectivity index (χ0) is 37.5. The van der Waals surface area contributed by atoms with Crippen molar-refractivity contribution in [2.75, 3.05) is 6.61 Å². The lowest BCUT2D eigenvalue weighted by Crippen LogP contribution is -2.45. The Bertz CT molecular complexity index is 2160. The third-order valence-corrected chi connectivity index (χ3v) is 17.8. The van der Waals surface area contributed by atoms with Gasteiger partial charge in [0, 0.05) is 17.7 Å². The first-order valence-corrected chi connectivity index (χ1v) is 23.0. The van der Waals surface area contributed by atoms with E-state index in [0.717, 1.165) is 13.0 Å². The largest absolute Gasteiger partial charge is 0.376 e. The molecule has 3 atom stereocenters. The molecule has 3 unspecified atom stereocenters. The number of hydrogen-bond donors (Lipinski definition) is 0. The SMILES string of the molecule is CC1=Cc2c(-c3ccc(C(C)(C)C)cc3)cccc2C1[Si](C)(CCCCCCOC(C)(C)C)C1C(C)=Cc2c(-c3cccc4ccccc34)cccc21. The molecule has 0 spiro atoms. The van der Waals surface area contributed by atoms with Crippen LogP contribution in [0.4, 0.5) is 0 Å². The van der Waals surface area contributed by atoms with Crippen LogP contribution >= 0.6 is 0 Å². The predicted octanol–water partition coefficient (Wildman–Crippen LogP) is 14.7. The first-order chi connectivity index (χ1) is 25.3. The Balaban J connectivity index is 1.28. The first-order valence-electron chi connectivity index (χ1n) is 20.1. The highest BCUT2D eigenvalue weighted by atomic mass is 28.3. The van der Waals surface area contributed by atoms with E-state index in [2.05, 4.69) is 177 Å². The van der Waals surface area contributed by atoms with Crippen LogP contribution in [0.1, 0.15) is 120 Å². The topological polar surface area (TPSA) is 9.23 Å². The molecule has 1 nitrogen and oxygen atoms in total. The Kier molecular flexibility index (Phi) is 10.3. The molecule has 5 aromatic carbocycles. The highest BCUT2D eigenvalue weighted by Crippen LogP contribution is 2.56. The minimum atomic E-state index is -2.11. The molecule has 2 aliphatic carbocycles. The summed E-state index contributed by atoms with van der Waals surface area (Å²) in [6.07, 6.45) is 10.0. The quantitative estimate of drug-likeness (QED) is 0.0977. The number of rotatable bonds is 11. The van der Waals surface area contributed by atoms with Crippen molar-refractivity contribution in [3.05, 3.63) is 142 Å². The first kappa shape index (κ1) is 37.3. The van der Waals surface area contributed by atoms with Gasteiger partial charge in [0.15, 0.2) is 0 Å². The van der Waals surface area contributed by atoms with Gasteiger partial charge in [-0.25, -0.2) is 0 Å². The summed E-state index contributed by atoms with van der Waals surface area (Å²) in [4.78, 5) is 0. The minimum absolute atomic E-state index is 0.0662. The van der Waals surface area contributed by atoms with Gasteiger partial charge >= 0.3 is 0 Å². The van der Waals surface area contributed by atoms with Crippen LogP contribution in [0.25, 0.3) is 45.2 Å². The van der Waals surface area contributed by atoms with Crippen molar-refractivity contribution >= 4 is 31.0 Å². The zero-order valence-corrected chi connectivity index (χ0v) is 34.8. The van der Waals surface area contributed by atoms with Gasteiger partial charge in [0.05, 0.1) is 13.7 Å². The van der Waals surface area contributed by atoms with Gasteiger partial charge in [-0.05, 0) is 107 Å². The molecular formula is C51H60OSi. The molecule has 274 valence electrons. The maximum absolute atomic E-state index is 6.08. The lowest BCUT2D eigenvalue weighted by molar-refractivity contribution is -0.00471. The van der Waals surface area contributed by atoms with E-state index < -0.39 is 8.07 Å². The molecule has 5 aromatic rings. The van der Waals surface area contributed by atoms with Crippen LogP contribution in [0, 0.1) is 0 Å². The third-order valence-electron chi connectivity index (χ3n) is 12.2. The van der Waals surface area contributed by atoms with Crippen LogP contribution in [0.15, 0.2) is 114 Å². The van der Waals surface area contributed by atoms with E-state index in [0.29, 0.717) is 11.1 Å². The standard InChI is InChI=1S/C51H60OSi/c1-35-33-46-41(38-27-29-39(30-28-38)50(3,4)5)22-17-25-44(46)48(35)53(9,32-15-11-10-14-31-52-51(6,7)8)49-36(2)34-47-43(24-18-26-45(47)49)42-23-16-20-37-19-12-13-21-40(37)42/h12-13,16-30,33-34,48-49H,10-11,14-15,31-32H2,1-9H3. The molecule has 0 radical (unpaired) electrons. The van der Waals surface area contributed by atoms with Gasteiger partial charge in [0.25, 0.3) is 0 Å². The maximum atomic E-state index is 6.08. The summed E-state index contributed by atoms with van der Waals surface area (Å²) in [6.45, 7) is 21.9. The highest BCUT2D eigenvalue weighted by Gasteiger charge is 2.50. The summed E-state index contributed by atoms with van der Waals surface area (Å²) in [6, 6.07) is 40.6. The highest BCUT2D eigenvalue weighted by molar-refractivity contribution is 6.83. The second kappa shape index (κ2) is 14.7. The minimum Gasteiger partial charge on any atom is -0.376 e. The van der Waals surface area contributed by atoms with Crippen molar-refractivity contribution in [2.45, 2.75) is 116 Å². The van der Waals surface area contributed by atoms with Crippen molar-refractivity contribution in [3.8, 4) is 22.3 Å². The normalized spacial score (nSPS) is 18.1. The fraction of sp³-hybridized carbons (Fsp3) is 0.373. The van der Waals surface area contributed by atoms with Crippen LogP contribution in [0.3, 0.4) is 0 Å². The zero-order valence-electron chi connectivity index (χ0n) is 33.8. The molecule has 2 aliphatic rings. The molecule has 0 aliphatic heterocycles. The van der Waals surface area contributed by atoms with Crippen molar-refractivity contribution in [1.29, 1.82) is 0 Å². The van der Waals surface area contributed by atoms with Crippen molar-refractivity contribution < 1.29 is 4.74 Å². The predicted molar refractivity (Wildman–Crippen MR) is 233 cm³/mol. The summed E-state index contributed by atoms with van der Waals surface area (Å²) in [5, 5.41) is 2.64. The van der Waals surface area contributed by atoms with Crippen LogP contribution in [0.2, 0.25) is 12.6 Å². The molecule has 53 heavy (non-hydrogen) atoms. The summed E-state index contributed by atoms with van der Waals surface area (Å²) in [5.74, 6) is 0. The van der Waals surface area contributed by atoms with Crippen molar-refractivity contribution in [2.24, 2.45) is 0 Å². The molecule has 0 amide bonds. The summed E-state index contributed by atoms with van der Waals surface area (Å²) in [7, 11) is -2.11. The monoisotopic (exact) mass is 716 g/mol. The summed E-state index contributed by atoms with van der Waals surface area (Å²) >= 11 is 0. The Morgan fingerprint density at radius 3 is 1.75 bits per heavy atom. The number of allylic oxidation sites excluding steroid dienone is 2. The van der Waals surface area contributed by atoms with Gasteiger partial charge in [0.1, 0.15) is 0 Å². The fourth-order valence-corrected chi connectivity index (χ4v) is 15.8. The van der Waals surface area contributed by atoms with E-state index in [-0.39, 0.29) is 11.0 Å². The van der Waals surface area contributed by atoms with Gasteiger partial charge in [0.2, 0.25) is 0 Å². The smallest absolute Gasteiger partial charge is 0.0751 e. The lowest BCUT2D eigenvalue weighted by Gasteiger charge is -2.42. The Morgan fingerprint density at radius 1 is 0.566 bits per heavy atom. The van der Waals surface area contributed by atoms with Crippen LogP contribution in [0.5, 0.6) is 0 Å². The van der Waals surface area contributed by atoms with E-state index >= 15 is 0 Å². The number of hydrogen-bond acceptors (Lipinski definition) is 1. The Labute approximate surface area is 321 Å². The van der Waals surface area contributed by atoms with Crippen LogP contribution in [-0.4, -0.2) is 20.3 Å². The molecule has 0 fully saturated rings. The molecule has 0 aromatic heterocycles. The fourth-order valence-electron chi connectivity index (χ4n) is 9.75. The second-order valence-electron chi connectivity index (χ2n) is 18.2. The van der Waals surface area contributed by atoms with Gasteiger partial charge in [-0.1, -0.05) is 179 Å². The molecule has 0 saturated heterocycles. The summed E-state index contributed by atoms with van der Waals surface area (Å²) < 4.78 is 6.08. The van der Waals surface area contributed by atoms with E-state index in [4.69, 9.17) is 4.74 Å². The van der Waals surface area contributed by atoms with Crippen molar-refractivity contribution in [3.63, 3.8) is 0 Å². The molecule has 7 rings (SSSR count). The molecule has 0 saturated carbocycles. The van der Waals surface area contributed by atoms with Gasteiger partial charge < -0.3 is 4.74 Å². The number of ether oxygens (including phenoxy) is 1. The van der Waals surface area contributed by atoms with Gasteiger partial charge in [-0.2, -0.15) is 0 Å². The molecule has 0 N–H and O–H groups in total. The van der Waals surface area contributed by atoms with Crippen LogP contribution in [-0.2, 0) is 10.2 Å². The van der Waals surface area contributed by atoms with Gasteiger partial charge in [-0.15, -0.1) is 0 Å². The summed E-state index contributed by atoms with van der Waals surface area (Å²) in [5.41, 5.74) is 16.9.